The molecule has 1 aromatic heterocycles. The smallest absolute Gasteiger partial charge is 0.257 e. The van der Waals surface area contributed by atoms with E-state index in [1.165, 1.54) is 16.0 Å². The molecule has 1 unspecified atom stereocenters. The predicted octanol–water partition coefficient (Wildman–Crippen LogP) is 0.144. The van der Waals surface area contributed by atoms with Crippen LogP contribution in [0.2, 0.25) is 0 Å². The summed E-state index contributed by atoms with van der Waals surface area (Å²) in [6.45, 7) is 2.53. The Morgan fingerprint density at radius 3 is 2.84 bits per heavy atom. The molecule has 9 nitrogen and oxygen atoms in total. The molecule has 31 heavy (non-hydrogen) atoms. The van der Waals surface area contributed by atoms with Gasteiger partial charge in [-0.1, -0.05) is 24.3 Å². The summed E-state index contributed by atoms with van der Waals surface area (Å²) in [5, 5.41) is 3.63. The summed E-state index contributed by atoms with van der Waals surface area (Å²) >= 11 is 0. The summed E-state index contributed by atoms with van der Waals surface area (Å²) < 4.78 is 5.62. The van der Waals surface area contributed by atoms with Crippen LogP contribution in [-0.2, 0) is 30.5 Å². The van der Waals surface area contributed by atoms with Crippen LogP contribution in [0.3, 0.4) is 0 Å². The zero-order chi connectivity index (χ0) is 21.7. The van der Waals surface area contributed by atoms with Crippen LogP contribution in [0, 0.1) is 0 Å². The molecule has 3 atom stereocenters. The van der Waals surface area contributed by atoms with Gasteiger partial charge in [-0.05, 0) is 19.1 Å². The van der Waals surface area contributed by atoms with Crippen molar-refractivity contribution in [3.8, 4) is 0 Å². The quantitative estimate of drug-likeness (QED) is 0.428. The number of piperazine rings is 1. The molecule has 4 heterocycles. The number of aromatic nitrogens is 1. The highest BCUT2D eigenvalue weighted by atomic mass is 16.5. The number of pyridine rings is 1. The number of Topliss-reactive ketones (excluding diaryl/α,β-unsaturated/α-hetero) is 2. The second-order valence-corrected chi connectivity index (χ2v) is 7.90. The second-order valence-electron chi connectivity index (χ2n) is 7.90. The number of benzene rings is 1. The highest BCUT2D eigenvalue weighted by Gasteiger charge is 2.52. The van der Waals surface area contributed by atoms with Crippen molar-refractivity contribution >= 4 is 34.3 Å². The first-order valence-electron chi connectivity index (χ1n) is 10.1. The molecular weight excluding hydrogens is 400 g/mol. The zero-order valence-electron chi connectivity index (χ0n) is 16.8. The summed E-state index contributed by atoms with van der Waals surface area (Å²) in [5.41, 5.74) is 1.13. The van der Waals surface area contributed by atoms with Crippen molar-refractivity contribution in [3.63, 3.8) is 0 Å². The van der Waals surface area contributed by atoms with E-state index in [1.807, 2.05) is 37.3 Å². The maximum atomic E-state index is 12.8. The molecule has 0 aliphatic carbocycles. The van der Waals surface area contributed by atoms with Crippen LogP contribution >= 0.6 is 0 Å². The molecule has 1 aromatic carbocycles. The topological polar surface area (TPSA) is 109 Å². The first-order valence-corrected chi connectivity index (χ1v) is 10.1. The SMILES string of the molecule is C[C@H]1CO[C@@H]2CN3C=C(C(=O)NCc4ccc5ccccc5n4)C(=O)C(=O)C3C(=O)N12. The number of nitrogens with zero attached hydrogens (tertiary/aromatic N) is 3. The summed E-state index contributed by atoms with van der Waals surface area (Å²) in [5.74, 6) is -2.98. The Bertz CT molecular complexity index is 1160. The standard InChI is InChI=1S/C22H20N4O5/c1-12-11-31-17-10-25-9-15(19(27)20(28)18(25)22(30)26(12)17)21(29)23-8-14-7-6-13-4-2-3-5-16(13)24-14/h2-7,9,12,17-18H,8,10-11H2,1H3,(H,23,29)/t12-,17+,18?/m0/s1. The summed E-state index contributed by atoms with van der Waals surface area (Å²) in [6.07, 6.45) is 0.807. The van der Waals surface area contributed by atoms with Crippen molar-refractivity contribution in [2.24, 2.45) is 0 Å². The fourth-order valence-corrected chi connectivity index (χ4v) is 4.27. The molecule has 2 saturated heterocycles. The third kappa shape index (κ3) is 3.17. The lowest BCUT2D eigenvalue weighted by Crippen LogP contribution is -2.65. The predicted molar refractivity (Wildman–Crippen MR) is 108 cm³/mol. The molecular formula is C22H20N4O5. The van der Waals surface area contributed by atoms with Crippen LogP contribution < -0.4 is 5.32 Å². The van der Waals surface area contributed by atoms with Gasteiger partial charge < -0.3 is 19.9 Å². The highest BCUT2D eigenvalue weighted by molar-refractivity contribution is 6.53. The first-order chi connectivity index (χ1) is 14.9. The molecule has 3 aliphatic rings. The van der Waals surface area contributed by atoms with Gasteiger partial charge in [0, 0.05) is 11.6 Å². The number of rotatable bonds is 3. The number of nitrogens with one attached hydrogen (secondary N) is 1. The van der Waals surface area contributed by atoms with Gasteiger partial charge in [0.25, 0.3) is 11.8 Å². The van der Waals surface area contributed by atoms with Gasteiger partial charge in [-0.2, -0.15) is 0 Å². The van der Waals surface area contributed by atoms with Gasteiger partial charge in [-0.25, -0.2) is 0 Å². The summed E-state index contributed by atoms with van der Waals surface area (Å²) in [4.78, 5) is 58.2. The average molecular weight is 420 g/mol. The third-order valence-electron chi connectivity index (χ3n) is 5.84. The Morgan fingerprint density at radius 2 is 2.00 bits per heavy atom. The van der Waals surface area contributed by atoms with Crippen molar-refractivity contribution in [1.29, 1.82) is 0 Å². The molecule has 1 N–H and O–H groups in total. The highest BCUT2D eigenvalue weighted by Crippen LogP contribution is 2.29. The minimum Gasteiger partial charge on any atom is -0.354 e. The summed E-state index contributed by atoms with van der Waals surface area (Å²) in [7, 11) is 0. The number of ketones is 2. The van der Waals surface area contributed by atoms with E-state index in [4.69, 9.17) is 4.74 Å². The molecule has 0 spiro atoms. The Balaban J connectivity index is 1.34. The van der Waals surface area contributed by atoms with E-state index in [9.17, 15) is 19.2 Å². The Labute approximate surface area is 177 Å². The third-order valence-corrected chi connectivity index (χ3v) is 5.84. The second kappa shape index (κ2) is 7.28. The van der Waals surface area contributed by atoms with Crippen LogP contribution in [0.5, 0.6) is 0 Å². The van der Waals surface area contributed by atoms with E-state index >= 15 is 0 Å². The van der Waals surface area contributed by atoms with E-state index in [2.05, 4.69) is 10.3 Å². The number of hydrogen-bond donors (Lipinski definition) is 1. The van der Waals surface area contributed by atoms with Gasteiger partial charge in [-0.15, -0.1) is 0 Å². The fraction of sp³-hybridized carbons (Fsp3) is 0.318. The molecule has 158 valence electrons. The number of para-hydroxylation sites is 1. The zero-order valence-corrected chi connectivity index (χ0v) is 16.8. The molecule has 9 heteroatoms. The number of fused-ring (bicyclic) bond motifs is 3. The maximum Gasteiger partial charge on any atom is 0.257 e. The Morgan fingerprint density at radius 1 is 1.19 bits per heavy atom. The van der Waals surface area contributed by atoms with Crippen LogP contribution in [0.4, 0.5) is 0 Å². The van der Waals surface area contributed by atoms with E-state index in [-0.39, 0.29) is 24.7 Å². The van der Waals surface area contributed by atoms with Crippen LogP contribution in [-0.4, -0.2) is 69.6 Å². The Kier molecular flexibility index (Phi) is 4.55. The number of carbonyl (C=O) groups excluding carboxylic acids is 4. The molecule has 2 aromatic rings. The van der Waals surface area contributed by atoms with Crippen LogP contribution in [0.1, 0.15) is 12.6 Å². The average Bonchev–Trinajstić information content (AvgIpc) is 3.15. The normalized spacial score (nSPS) is 25.4. The molecule has 0 bridgehead atoms. The van der Waals surface area contributed by atoms with E-state index in [0.717, 1.165) is 10.9 Å². The molecule has 2 amide bonds. The first kappa shape index (κ1) is 19.4. The van der Waals surface area contributed by atoms with E-state index in [0.29, 0.717) is 12.3 Å². The number of hydrogen-bond acceptors (Lipinski definition) is 7. The van der Waals surface area contributed by atoms with Crippen LogP contribution in [0.15, 0.2) is 48.2 Å². The maximum absolute atomic E-state index is 12.8. The van der Waals surface area contributed by atoms with Crippen molar-refractivity contribution in [3.05, 3.63) is 53.9 Å². The van der Waals surface area contributed by atoms with Gasteiger partial charge in [0.2, 0.25) is 11.6 Å². The number of ether oxygens (including phenoxy) is 1. The molecule has 3 aliphatic heterocycles. The van der Waals surface area contributed by atoms with Gasteiger partial charge in [0.1, 0.15) is 11.8 Å². The van der Waals surface area contributed by atoms with Crippen molar-refractivity contribution in [1.82, 2.24) is 20.1 Å². The Hall–Kier alpha value is -3.59. The largest absolute Gasteiger partial charge is 0.354 e. The van der Waals surface area contributed by atoms with Gasteiger partial charge >= 0.3 is 0 Å². The number of amides is 2. The van der Waals surface area contributed by atoms with Crippen molar-refractivity contribution in [2.75, 3.05) is 13.2 Å². The van der Waals surface area contributed by atoms with Crippen molar-refractivity contribution in [2.45, 2.75) is 31.8 Å². The minimum absolute atomic E-state index is 0.0991. The monoisotopic (exact) mass is 420 g/mol. The van der Waals surface area contributed by atoms with Gasteiger partial charge in [-0.3, -0.25) is 24.2 Å². The van der Waals surface area contributed by atoms with E-state index < -0.39 is 35.7 Å². The van der Waals surface area contributed by atoms with E-state index in [1.54, 1.807) is 6.07 Å². The van der Waals surface area contributed by atoms with Crippen molar-refractivity contribution < 1.29 is 23.9 Å². The molecule has 2 fully saturated rings. The van der Waals surface area contributed by atoms with Gasteiger partial charge in [0.05, 0.1) is 36.9 Å². The lowest BCUT2D eigenvalue weighted by atomic mass is 9.93. The van der Waals surface area contributed by atoms with Gasteiger partial charge in [0.15, 0.2) is 6.04 Å². The minimum atomic E-state index is -1.23. The summed E-state index contributed by atoms with van der Waals surface area (Å²) in [6, 6.07) is 9.90. The fourth-order valence-electron chi connectivity index (χ4n) is 4.27. The molecule has 0 radical (unpaired) electrons. The van der Waals surface area contributed by atoms with Crippen LogP contribution in [0.25, 0.3) is 10.9 Å². The molecule has 0 saturated carbocycles. The number of carbonyl (C=O) groups is 4. The lowest BCUT2D eigenvalue weighted by molar-refractivity contribution is -0.159. The lowest BCUT2D eigenvalue weighted by Gasteiger charge is -2.43. The molecule has 5 rings (SSSR count).